The topological polar surface area (TPSA) is 157 Å². The first-order valence-corrected chi connectivity index (χ1v) is 14.4. The van der Waals surface area contributed by atoms with Gasteiger partial charge in [-0.25, -0.2) is 0 Å². The van der Waals surface area contributed by atoms with Crippen molar-refractivity contribution < 1.29 is 48.7 Å². The number of hydrogen-bond donors (Lipinski definition) is 3. The van der Waals surface area contributed by atoms with E-state index in [1.807, 2.05) is 0 Å². The van der Waals surface area contributed by atoms with Crippen LogP contribution in [0, 0.1) is 23.7 Å². The average molecular weight is 539 g/mol. The average Bonchev–Trinajstić information content (AvgIpc) is 2.90. The van der Waals surface area contributed by atoms with E-state index in [-0.39, 0.29) is 43.2 Å². The summed E-state index contributed by atoms with van der Waals surface area (Å²) in [6, 6.07) is 0. The Kier molecular flexibility index (Phi) is 10.0. The molecule has 10 nitrogen and oxygen atoms in total. The summed E-state index contributed by atoms with van der Waals surface area (Å²) < 4.78 is 17.7. The number of aliphatic hydroxyl groups is 1. The molecule has 214 valence electrons. The molecule has 0 amide bonds. The van der Waals surface area contributed by atoms with Crippen LogP contribution in [-0.4, -0.2) is 69.7 Å². The Morgan fingerprint density at radius 1 is 0.500 bits per heavy atom. The first-order valence-electron chi connectivity index (χ1n) is 14.4. The Bertz CT molecular complexity index is 843. The lowest BCUT2D eigenvalue weighted by Gasteiger charge is -2.36. The Balaban J connectivity index is 1.15. The number of hydrogen-bond acceptors (Lipinski definition) is 8. The van der Waals surface area contributed by atoms with Gasteiger partial charge in [0.05, 0.1) is 42.0 Å². The van der Waals surface area contributed by atoms with Crippen LogP contribution >= 0.6 is 0 Å². The second kappa shape index (κ2) is 13.2. The van der Waals surface area contributed by atoms with Gasteiger partial charge in [0, 0.05) is 0 Å². The molecule has 5 unspecified atom stereocenters. The maximum Gasteiger partial charge on any atom is 0.310 e. The van der Waals surface area contributed by atoms with Crippen LogP contribution in [-0.2, 0) is 33.4 Å². The number of rotatable bonds is 8. The van der Waals surface area contributed by atoms with Crippen LogP contribution < -0.4 is 0 Å². The molecule has 4 fully saturated rings. The fourth-order valence-corrected chi connectivity index (χ4v) is 6.76. The first kappa shape index (κ1) is 28.8. The lowest BCUT2D eigenvalue weighted by molar-refractivity contribution is -0.169. The van der Waals surface area contributed by atoms with E-state index in [0.29, 0.717) is 44.9 Å². The van der Waals surface area contributed by atoms with Crippen molar-refractivity contribution in [3.05, 3.63) is 0 Å². The van der Waals surface area contributed by atoms with Crippen molar-refractivity contribution in [2.75, 3.05) is 0 Å². The third kappa shape index (κ3) is 7.46. The molecule has 0 aliphatic heterocycles. The molecule has 3 N–H and O–H groups in total. The van der Waals surface area contributed by atoms with Gasteiger partial charge >= 0.3 is 23.9 Å². The van der Waals surface area contributed by atoms with Gasteiger partial charge in [0.2, 0.25) is 0 Å². The van der Waals surface area contributed by atoms with E-state index in [4.69, 9.17) is 14.2 Å². The number of aliphatic carboxylic acids is 2. The summed E-state index contributed by atoms with van der Waals surface area (Å²) in [7, 11) is 0. The second-order valence-electron chi connectivity index (χ2n) is 11.7. The number of ether oxygens (including phenoxy) is 3. The van der Waals surface area contributed by atoms with Gasteiger partial charge in [-0.1, -0.05) is 12.8 Å². The van der Waals surface area contributed by atoms with Crippen LogP contribution in [0.4, 0.5) is 0 Å². The van der Waals surface area contributed by atoms with Gasteiger partial charge in [0.25, 0.3) is 0 Å². The minimum atomic E-state index is -1.01. The highest BCUT2D eigenvalue weighted by Crippen LogP contribution is 2.35. The molecule has 5 atom stereocenters. The van der Waals surface area contributed by atoms with Gasteiger partial charge in [-0.3, -0.25) is 19.2 Å². The predicted octanol–water partition coefficient (Wildman–Crippen LogP) is 3.46. The number of carbonyl (C=O) groups is 4. The van der Waals surface area contributed by atoms with Gasteiger partial charge in [-0.15, -0.1) is 0 Å². The summed E-state index contributed by atoms with van der Waals surface area (Å²) in [5.41, 5.74) is 0. The van der Waals surface area contributed by atoms with Crippen LogP contribution in [0.3, 0.4) is 0 Å². The molecule has 4 aliphatic rings. The Morgan fingerprint density at radius 3 is 1.42 bits per heavy atom. The molecule has 0 radical (unpaired) electrons. The van der Waals surface area contributed by atoms with Crippen LogP contribution in [0.25, 0.3) is 0 Å². The number of carboxylic acid groups (broad SMARTS) is 2. The quantitative estimate of drug-likeness (QED) is 0.391. The van der Waals surface area contributed by atoms with E-state index in [9.17, 15) is 34.5 Å². The second-order valence-corrected chi connectivity index (χ2v) is 11.7. The Labute approximate surface area is 223 Å². The zero-order valence-corrected chi connectivity index (χ0v) is 22.0. The summed E-state index contributed by atoms with van der Waals surface area (Å²) >= 11 is 0. The normalized spacial score (nSPS) is 38.1. The van der Waals surface area contributed by atoms with Crippen molar-refractivity contribution in [2.24, 2.45) is 23.7 Å². The van der Waals surface area contributed by atoms with Gasteiger partial charge in [-0.05, 0) is 83.5 Å². The molecular weight excluding hydrogens is 496 g/mol. The minimum absolute atomic E-state index is 0.0656. The number of aliphatic hydroxyl groups excluding tert-OH is 1. The summed E-state index contributed by atoms with van der Waals surface area (Å²) in [6.07, 6.45) is 8.40. The maximum atomic E-state index is 12.7. The van der Waals surface area contributed by atoms with Crippen molar-refractivity contribution in [3.63, 3.8) is 0 Å². The van der Waals surface area contributed by atoms with Crippen LogP contribution in [0.1, 0.15) is 96.3 Å². The Morgan fingerprint density at radius 2 is 0.921 bits per heavy atom. The summed E-state index contributed by atoms with van der Waals surface area (Å²) in [5.74, 6) is -5.60. The van der Waals surface area contributed by atoms with Crippen molar-refractivity contribution in [1.29, 1.82) is 0 Å². The zero-order chi connectivity index (χ0) is 27.2. The van der Waals surface area contributed by atoms with Crippen molar-refractivity contribution >= 4 is 23.9 Å². The third-order valence-corrected chi connectivity index (χ3v) is 9.02. The summed E-state index contributed by atoms with van der Waals surface area (Å²) in [6.45, 7) is 0. The summed E-state index contributed by atoms with van der Waals surface area (Å²) in [4.78, 5) is 48.4. The number of carbonyl (C=O) groups excluding carboxylic acids is 2. The molecule has 0 aromatic heterocycles. The summed E-state index contributed by atoms with van der Waals surface area (Å²) in [5, 5.41) is 28.8. The molecule has 4 aliphatic carbocycles. The molecule has 0 spiro atoms. The Hall–Kier alpha value is -2.20. The number of carboxylic acids is 2. The molecule has 0 bridgehead atoms. The molecule has 0 aromatic carbocycles. The standard InChI is InChI=1S/C28H42O10/c29-16-5-14-22(26(32)33)24(15-16)28(35)38-20-12-8-18(9-13-20)36-17-6-10-19(11-7-17)37-27(34)23-4-2-1-3-21(23)25(30)31/h16-24,29H,1-15H2,(H,30,31)(H,32,33). The SMILES string of the molecule is O=C(O)C1CCCCC1C(=O)OC1CCC(OC2CCC(OC(=O)C3CC(O)CCC3C(=O)O)CC2)CC1. The van der Waals surface area contributed by atoms with Gasteiger partial charge in [0.1, 0.15) is 12.2 Å². The predicted molar refractivity (Wildman–Crippen MR) is 133 cm³/mol. The highest BCUT2D eigenvalue weighted by atomic mass is 16.6. The van der Waals surface area contributed by atoms with Crippen LogP contribution in [0.2, 0.25) is 0 Å². The van der Waals surface area contributed by atoms with Gasteiger partial charge in [0.15, 0.2) is 0 Å². The van der Waals surface area contributed by atoms with E-state index in [0.717, 1.165) is 38.5 Å². The van der Waals surface area contributed by atoms with Crippen molar-refractivity contribution in [3.8, 4) is 0 Å². The van der Waals surface area contributed by atoms with Crippen molar-refractivity contribution in [2.45, 2.75) is 127 Å². The maximum absolute atomic E-state index is 12.7. The monoisotopic (exact) mass is 538 g/mol. The molecule has 38 heavy (non-hydrogen) atoms. The molecule has 4 rings (SSSR count). The lowest BCUT2D eigenvalue weighted by Crippen LogP contribution is -2.40. The van der Waals surface area contributed by atoms with E-state index in [2.05, 4.69) is 0 Å². The molecule has 0 aromatic rings. The van der Waals surface area contributed by atoms with Crippen LogP contribution in [0.15, 0.2) is 0 Å². The van der Waals surface area contributed by atoms with E-state index >= 15 is 0 Å². The first-order chi connectivity index (χ1) is 18.2. The smallest absolute Gasteiger partial charge is 0.310 e. The zero-order valence-electron chi connectivity index (χ0n) is 22.0. The minimum Gasteiger partial charge on any atom is -0.481 e. The molecular formula is C28H42O10. The highest BCUT2D eigenvalue weighted by Gasteiger charge is 2.41. The fourth-order valence-electron chi connectivity index (χ4n) is 6.76. The van der Waals surface area contributed by atoms with E-state index in [1.165, 1.54) is 0 Å². The van der Waals surface area contributed by atoms with Gasteiger partial charge in [-0.2, -0.15) is 0 Å². The van der Waals surface area contributed by atoms with Crippen LogP contribution in [0.5, 0.6) is 0 Å². The highest BCUT2D eigenvalue weighted by molar-refractivity contribution is 5.82. The van der Waals surface area contributed by atoms with Gasteiger partial charge < -0.3 is 29.5 Å². The third-order valence-electron chi connectivity index (χ3n) is 9.02. The fraction of sp³-hybridized carbons (Fsp3) is 0.857. The lowest BCUT2D eigenvalue weighted by atomic mass is 9.78. The van der Waals surface area contributed by atoms with E-state index < -0.39 is 47.7 Å². The number of esters is 2. The molecule has 10 heteroatoms. The van der Waals surface area contributed by atoms with E-state index in [1.54, 1.807) is 0 Å². The molecule has 0 saturated heterocycles. The molecule has 4 saturated carbocycles. The van der Waals surface area contributed by atoms with Crippen molar-refractivity contribution in [1.82, 2.24) is 0 Å². The largest absolute Gasteiger partial charge is 0.481 e. The molecule has 0 heterocycles.